The number of benzene rings is 1. The number of rotatable bonds is 6. The molecule has 0 atom stereocenters. The van der Waals surface area contributed by atoms with Gasteiger partial charge in [0, 0.05) is 13.6 Å². The molecule has 1 aromatic rings. The van der Waals surface area contributed by atoms with Crippen molar-refractivity contribution in [3.8, 4) is 6.07 Å². The first-order valence-corrected chi connectivity index (χ1v) is 7.49. The van der Waals surface area contributed by atoms with Crippen molar-refractivity contribution in [2.75, 3.05) is 27.2 Å². The van der Waals surface area contributed by atoms with Gasteiger partial charge >= 0.3 is 0 Å². The molecule has 0 amide bonds. The maximum absolute atomic E-state index is 12.3. The summed E-state index contributed by atoms with van der Waals surface area (Å²) in [4.78, 5) is 0.232. The third-order valence-electron chi connectivity index (χ3n) is 2.93. The second kappa shape index (κ2) is 6.66. The zero-order valence-corrected chi connectivity index (χ0v) is 12.3. The van der Waals surface area contributed by atoms with Gasteiger partial charge in [-0.2, -0.15) is 5.26 Å². The minimum atomic E-state index is -3.47. The summed E-state index contributed by atoms with van der Waals surface area (Å²) in [5.74, 6) is 0. The van der Waals surface area contributed by atoms with Crippen LogP contribution in [0.5, 0.6) is 0 Å². The minimum Gasteiger partial charge on any atom is -0.320 e. The lowest BCUT2D eigenvalue weighted by Gasteiger charge is -2.17. The van der Waals surface area contributed by atoms with E-state index in [-0.39, 0.29) is 4.90 Å². The summed E-state index contributed by atoms with van der Waals surface area (Å²) < 4.78 is 25.9. The van der Waals surface area contributed by atoms with Crippen LogP contribution in [0.25, 0.3) is 0 Å². The molecule has 0 spiro atoms. The predicted octanol–water partition coefficient (Wildman–Crippen LogP) is 1.10. The van der Waals surface area contributed by atoms with Crippen LogP contribution in [0.1, 0.15) is 17.5 Å². The van der Waals surface area contributed by atoms with Crippen LogP contribution in [-0.4, -0.2) is 39.9 Å². The van der Waals surface area contributed by atoms with Gasteiger partial charge in [-0.25, -0.2) is 12.7 Å². The van der Waals surface area contributed by atoms with E-state index in [0.29, 0.717) is 17.7 Å². The second-order valence-electron chi connectivity index (χ2n) is 4.37. The Bertz CT molecular complexity index is 576. The molecule has 1 N–H and O–H groups in total. The molecule has 1 rings (SSSR count). The van der Waals surface area contributed by atoms with Gasteiger partial charge in [0.05, 0.1) is 16.5 Å². The van der Waals surface area contributed by atoms with Gasteiger partial charge in [-0.1, -0.05) is 0 Å². The molecule has 0 radical (unpaired) electrons. The van der Waals surface area contributed by atoms with Crippen molar-refractivity contribution >= 4 is 10.0 Å². The lowest BCUT2D eigenvalue weighted by atomic mass is 10.1. The first-order valence-electron chi connectivity index (χ1n) is 6.05. The Morgan fingerprint density at radius 3 is 2.63 bits per heavy atom. The Kier molecular flexibility index (Phi) is 5.48. The van der Waals surface area contributed by atoms with Gasteiger partial charge in [-0.15, -0.1) is 0 Å². The van der Waals surface area contributed by atoms with Crippen LogP contribution in [-0.2, 0) is 10.0 Å². The third kappa shape index (κ3) is 3.77. The van der Waals surface area contributed by atoms with E-state index in [9.17, 15) is 8.42 Å². The van der Waals surface area contributed by atoms with Crippen molar-refractivity contribution in [3.05, 3.63) is 29.3 Å². The molecule has 0 bridgehead atoms. The first kappa shape index (κ1) is 15.6. The summed E-state index contributed by atoms with van der Waals surface area (Å²) in [6.45, 7) is 2.97. The average Bonchev–Trinajstić information content (AvgIpc) is 2.38. The Hall–Kier alpha value is -1.42. The quantitative estimate of drug-likeness (QED) is 0.792. The van der Waals surface area contributed by atoms with Gasteiger partial charge in [0.1, 0.15) is 0 Å². The monoisotopic (exact) mass is 281 g/mol. The molecule has 0 saturated heterocycles. The highest BCUT2D eigenvalue weighted by Crippen LogP contribution is 2.18. The normalized spacial score (nSPS) is 11.5. The molecule has 0 aromatic heterocycles. The van der Waals surface area contributed by atoms with Gasteiger partial charge in [0.25, 0.3) is 0 Å². The van der Waals surface area contributed by atoms with E-state index in [2.05, 4.69) is 5.32 Å². The van der Waals surface area contributed by atoms with Crippen molar-refractivity contribution in [1.29, 1.82) is 5.26 Å². The van der Waals surface area contributed by atoms with Crippen LogP contribution in [0.2, 0.25) is 0 Å². The Morgan fingerprint density at radius 2 is 2.11 bits per heavy atom. The van der Waals surface area contributed by atoms with Crippen LogP contribution in [0, 0.1) is 18.3 Å². The maximum atomic E-state index is 12.3. The van der Waals surface area contributed by atoms with Gasteiger partial charge in [0.15, 0.2) is 0 Å². The standard InChI is InChI=1S/C13H19N3O2S/c1-11-9-13(6-5-12(11)10-14)19(17,18)16(3)8-4-7-15-2/h5-6,9,15H,4,7-8H2,1-3H3. The van der Waals surface area contributed by atoms with Crippen molar-refractivity contribution in [2.24, 2.45) is 0 Å². The van der Waals surface area contributed by atoms with Crippen LogP contribution in [0.4, 0.5) is 0 Å². The molecule has 0 aliphatic carbocycles. The van der Waals surface area contributed by atoms with E-state index in [0.717, 1.165) is 13.0 Å². The fraction of sp³-hybridized carbons (Fsp3) is 0.462. The van der Waals surface area contributed by atoms with E-state index in [1.54, 1.807) is 26.1 Å². The number of nitriles is 1. The molecular weight excluding hydrogens is 262 g/mol. The SMILES string of the molecule is CNCCCN(C)S(=O)(=O)c1ccc(C#N)c(C)c1. The number of nitrogens with zero attached hydrogens (tertiary/aromatic N) is 2. The highest BCUT2D eigenvalue weighted by atomic mass is 32.2. The minimum absolute atomic E-state index is 0.232. The molecule has 0 fully saturated rings. The maximum Gasteiger partial charge on any atom is 0.242 e. The second-order valence-corrected chi connectivity index (χ2v) is 6.42. The number of nitrogens with one attached hydrogen (secondary N) is 1. The Balaban J connectivity index is 2.94. The molecule has 5 nitrogen and oxygen atoms in total. The third-order valence-corrected chi connectivity index (χ3v) is 4.78. The summed E-state index contributed by atoms with van der Waals surface area (Å²) in [5.41, 5.74) is 1.17. The number of sulfonamides is 1. The fourth-order valence-corrected chi connectivity index (χ4v) is 3.00. The molecule has 0 saturated carbocycles. The molecule has 6 heteroatoms. The first-order chi connectivity index (χ1) is 8.93. The smallest absolute Gasteiger partial charge is 0.242 e. The summed E-state index contributed by atoms with van der Waals surface area (Å²) in [5, 5.41) is 11.8. The summed E-state index contributed by atoms with van der Waals surface area (Å²) in [6.07, 6.45) is 0.751. The molecule has 104 valence electrons. The van der Waals surface area contributed by atoms with Gasteiger partial charge in [-0.05, 0) is 50.7 Å². The average molecular weight is 281 g/mol. The number of hydrogen-bond donors (Lipinski definition) is 1. The predicted molar refractivity (Wildman–Crippen MR) is 74.3 cm³/mol. The molecule has 0 aliphatic rings. The Labute approximate surface area is 114 Å². The van der Waals surface area contributed by atoms with E-state index in [1.165, 1.54) is 10.4 Å². The van der Waals surface area contributed by atoms with Gasteiger partial charge < -0.3 is 5.32 Å². The lowest BCUT2D eigenvalue weighted by Crippen LogP contribution is -2.29. The van der Waals surface area contributed by atoms with Gasteiger partial charge in [-0.3, -0.25) is 0 Å². The highest BCUT2D eigenvalue weighted by Gasteiger charge is 2.20. The van der Waals surface area contributed by atoms with Crippen LogP contribution in [0.3, 0.4) is 0 Å². The van der Waals surface area contributed by atoms with E-state index < -0.39 is 10.0 Å². The van der Waals surface area contributed by atoms with E-state index in [1.807, 2.05) is 13.1 Å². The molecule has 0 aliphatic heterocycles. The Morgan fingerprint density at radius 1 is 1.42 bits per heavy atom. The van der Waals surface area contributed by atoms with Crippen LogP contribution >= 0.6 is 0 Å². The lowest BCUT2D eigenvalue weighted by molar-refractivity contribution is 0.458. The molecule has 19 heavy (non-hydrogen) atoms. The summed E-state index contributed by atoms with van der Waals surface area (Å²) in [6, 6.07) is 6.60. The van der Waals surface area contributed by atoms with Crippen molar-refractivity contribution in [3.63, 3.8) is 0 Å². The van der Waals surface area contributed by atoms with E-state index >= 15 is 0 Å². The zero-order chi connectivity index (χ0) is 14.5. The molecule has 1 aromatic carbocycles. The van der Waals surface area contributed by atoms with Crippen LogP contribution in [0.15, 0.2) is 23.1 Å². The fourth-order valence-electron chi connectivity index (χ4n) is 1.70. The van der Waals surface area contributed by atoms with Gasteiger partial charge in [0.2, 0.25) is 10.0 Å². The molecule has 0 unspecified atom stereocenters. The summed E-state index contributed by atoms with van der Waals surface area (Å²) in [7, 11) is -0.0710. The summed E-state index contributed by atoms with van der Waals surface area (Å²) >= 11 is 0. The van der Waals surface area contributed by atoms with Crippen molar-refractivity contribution in [1.82, 2.24) is 9.62 Å². The highest BCUT2D eigenvalue weighted by molar-refractivity contribution is 7.89. The zero-order valence-electron chi connectivity index (χ0n) is 11.5. The molecule has 0 heterocycles. The van der Waals surface area contributed by atoms with Crippen molar-refractivity contribution in [2.45, 2.75) is 18.2 Å². The van der Waals surface area contributed by atoms with E-state index in [4.69, 9.17) is 5.26 Å². The number of aryl methyl sites for hydroxylation is 1. The molecular formula is C13H19N3O2S. The topological polar surface area (TPSA) is 73.2 Å². The largest absolute Gasteiger partial charge is 0.320 e. The van der Waals surface area contributed by atoms with Crippen molar-refractivity contribution < 1.29 is 8.42 Å². The number of hydrogen-bond acceptors (Lipinski definition) is 4. The van der Waals surface area contributed by atoms with Crippen LogP contribution < -0.4 is 5.32 Å².